The van der Waals surface area contributed by atoms with Crippen molar-refractivity contribution in [3.8, 4) is 5.75 Å². The molecule has 0 aliphatic rings. The predicted molar refractivity (Wildman–Crippen MR) is 108 cm³/mol. The van der Waals surface area contributed by atoms with E-state index in [-0.39, 0.29) is 23.2 Å². The zero-order valence-corrected chi connectivity index (χ0v) is 18.2. The molecule has 0 unspecified atom stereocenters. The summed E-state index contributed by atoms with van der Waals surface area (Å²) in [6.45, 7) is 3.06. The summed E-state index contributed by atoms with van der Waals surface area (Å²) in [5.41, 5.74) is 0.875. The van der Waals surface area contributed by atoms with Gasteiger partial charge in [0.25, 0.3) is 0 Å². The van der Waals surface area contributed by atoms with Crippen LogP contribution < -0.4 is 10.1 Å². The number of benzene rings is 2. The van der Waals surface area contributed by atoms with Gasteiger partial charge in [-0.05, 0) is 42.8 Å². The average Bonchev–Trinajstić information content (AvgIpc) is 2.65. The molecule has 152 valence electrons. The fraction of sp³-hybridized carbons (Fsp3) is 0.316. The highest BCUT2D eigenvalue weighted by Gasteiger charge is 2.29. The second-order valence-corrected chi connectivity index (χ2v) is 8.89. The summed E-state index contributed by atoms with van der Waals surface area (Å²) in [6, 6.07) is 10.4. The molecule has 1 N–H and O–H groups in total. The van der Waals surface area contributed by atoms with E-state index in [2.05, 4.69) is 21.2 Å². The van der Waals surface area contributed by atoms with Crippen LogP contribution in [-0.4, -0.2) is 38.8 Å². The Morgan fingerprint density at radius 2 is 2.00 bits per heavy atom. The van der Waals surface area contributed by atoms with Crippen LogP contribution in [0.5, 0.6) is 5.75 Å². The fourth-order valence-electron chi connectivity index (χ4n) is 2.66. The number of methoxy groups -OCH3 is 1. The zero-order chi connectivity index (χ0) is 20.9. The first kappa shape index (κ1) is 22.3. The standard InChI is InChI=1S/C19H22BrFN2O4S/c1-4-23(28(25,26)18-11-16(21)8-9-17(18)27-3)12-19(24)22-13(2)14-6-5-7-15(20)10-14/h5-11,13H,4,12H2,1-3H3,(H,22,24)/t13-/m1/s1. The third kappa shape index (κ3) is 5.30. The summed E-state index contributed by atoms with van der Waals surface area (Å²) in [5.74, 6) is -1.15. The van der Waals surface area contributed by atoms with Crippen LogP contribution in [0, 0.1) is 5.82 Å². The number of halogens is 2. The second-order valence-electron chi connectivity index (χ2n) is 6.07. The van der Waals surface area contributed by atoms with Crippen molar-refractivity contribution >= 4 is 31.9 Å². The molecule has 0 heterocycles. The number of nitrogens with zero attached hydrogens (tertiary/aromatic N) is 1. The molecule has 0 aromatic heterocycles. The monoisotopic (exact) mass is 472 g/mol. The zero-order valence-electron chi connectivity index (χ0n) is 15.8. The molecule has 0 spiro atoms. The molecule has 2 aromatic rings. The van der Waals surface area contributed by atoms with Crippen LogP contribution in [0.3, 0.4) is 0 Å². The van der Waals surface area contributed by atoms with Crippen LogP contribution in [0.1, 0.15) is 25.5 Å². The number of rotatable bonds is 8. The van der Waals surface area contributed by atoms with Crippen LogP contribution in [0.2, 0.25) is 0 Å². The maximum atomic E-state index is 13.6. The largest absolute Gasteiger partial charge is 0.495 e. The first-order valence-corrected chi connectivity index (χ1v) is 10.8. The van der Waals surface area contributed by atoms with Crippen LogP contribution in [0.4, 0.5) is 4.39 Å². The molecule has 2 aromatic carbocycles. The van der Waals surface area contributed by atoms with E-state index < -0.39 is 28.3 Å². The Morgan fingerprint density at radius 1 is 1.29 bits per heavy atom. The summed E-state index contributed by atoms with van der Waals surface area (Å²) in [6.07, 6.45) is 0. The third-order valence-corrected chi connectivity index (χ3v) is 6.58. The lowest BCUT2D eigenvalue weighted by molar-refractivity contribution is -0.121. The van der Waals surface area contributed by atoms with Gasteiger partial charge in [0, 0.05) is 11.0 Å². The highest BCUT2D eigenvalue weighted by Crippen LogP contribution is 2.27. The summed E-state index contributed by atoms with van der Waals surface area (Å²) < 4.78 is 46.4. The molecule has 6 nitrogen and oxygen atoms in total. The summed E-state index contributed by atoms with van der Waals surface area (Å²) >= 11 is 3.38. The van der Waals surface area contributed by atoms with E-state index in [1.165, 1.54) is 13.2 Å². The molecule has 2 rings (SSSR count). The van der Waals surface area contributed by atoms with Gasteiger partial charge in [-0.15, -0.1) is 0 Å². The van der Waals surface area contributed by atoms with Gasteiger partial charge in [-0.25, -0.2) is 12.8 Å². The first-order valence-electron chi connectivity index (χ1n) is 8.57. The minimum absolute atomic E-state index is 0.0164. The second kappa shape index (κ2) is 9.49. The average molecular weight is 473 g/mol. The molecule has 28 heavy (non-hydrogen) atoms. The maximum absolute atomic E-state index is 13.6. The number of carbonyl (C=O) groups excluding carboxylic acids is 1. The Bertz CT molecular complexity index is 953. The van der Waals surface area contributed by atoms with E-state index in [1.54, 1.807) is 13.8 Å². The Kier molecular flexibility index (Phi) is 7.56. The molecule has 0 saturated carbocycles. The molecular weight excluding hydrogens is 451 g/mol. The fourth-order valence-corrected chi connectivity index (χ4v) is 4.65. The molecule has 1 amide bonds. The van der Waals surface area contributed by atoms with Crippen molar-refractivity contribution in [2.45, 2.75) is 24.8 Å². The van der Waals surface area contributed by atoms with E-state index >= 15 is 0 Å². The van der Waals surface area contributed by atoms with E-state index in [4.69, 9.17) is 4.74 Å². The lowest BCUT2D eigenvalue weighted by Gasteiger charge is -2.22. The first-order chi connectivity index (χ1) is 13.2. The van der Waals surface area contributed by atoms with Gasteiger partial charge in [-0.1, -0.05) is 35.0 Å². The Hall–Kier alpha value is -1.97. The lowest BCUT2D eigenvalue weighted by Crippen LogP contribution is -2.41. The van der Waals surface area contributed by atoms with Gasteiger partial charge in [-0.2, -0.15) is 4.31 Å². The smallest absolute Gasteiger partial charge is 0.247 e. The van der Waals surface area contributed by atoms with Gasteiger partial charge in [0.05, 0.1) is 19.7 Å². The predicted octanol–water partition coefficient (Wildman–Crippen LogP) is 3.48. The van der Waals surface area contributed by atoms with Gasteiger partial charge < -0.3 is 10.1 Å². The molecule has 0 saturated heterocycles. The Labute approximate surface area is 172 Å². The van der Waals surface area contributed by atoms with Crippen LogP contribution in [-0.2, 0) is 14.8 Å². The van der Waals surface area contributed by atoms with E-state index in [0.717, 1.165) is 26.5 Å². The SMILES string of the molecule is CCN(CC(=O)N[C@H](C)c1cccc(Br)c1)S(=O)(=O)c1cc(F)ccc1OC. The van der Waals surface area contributed by atoms with Crippen molar-refractivity contribution in [1.29, 1.82) is 0 Å². The molecule has 0 bridgehead atoms. The lowest BCUT2D eigenvalue weighted by atomic mass is 10.1. The minimum atomic E-state index is -4.12. The van der Waals surface area contributed by atoms with Gasteiger partial charge >= 0.3 is 0 Å². The van der Waals surface area contributed by atoms with Crippen molar-refractivity contribution in [3.05, 3.63) is 58.3 Å². The molecule has 1 atom stereocenters. The van der Waals surface area contributed by atoms with Crippen molar-refractivity contribution < 1.29 is 22.3 Å². The highest BCUT2D eigenvalue weighted by atomic mass is 79.9. The molecule has 0 radical (unpaired) electrons. The van der Waals surface area contributed by atoms with Crippen LogP contribution >= 0.6 is 15.9 Å². The van der Waals surface area contributed by atoms with Crippen molar-refractivity contribution in [2.24, 2.45) is 0 Å². The van der Waals surface area contributed by atoms with Crippen molar-refractivity contribution in [3.63, 3.8) is 0 Å². The van der Waals surface area contributed by atoms with E-state index in [0.29, 0.717) is 0 Å². The number of carbonyl (C=O) groups is 1. The van der Waals surface area contributed by atoms with E-state index in [1.807, 2.05) is 24.3 Å². The summed E-state index contributed by atoms with van der Waals surface area (Å²) in [4.78, 5) is 12.1. The molecule has 0 fully saturated rings. The highest BCUT2D eigenvalue weighted by molar-refractivity contribution is 9.10. The maximum Gasteiger partial charge on any atom is 0.247 e. The van der Waals surface area contributed by atoms with Crippen LogP contribution in [0.25, 0.3) is 0 Å². The van der Waals surface area contributed by atoms with Gasteiger partial charge in [0.2, 0.25) is 15.9 Å². The number of likely N-dealkylation sites (N-methyl/N-ethyl adjacent to an activating group) is 1. The third-order valence-electron chi connectivity index (χ3n) is 4.14. The van der Waals surface area contributed by atoms with Crippen LogP contribution in [0.15, 0.2) is 51.8 Å². The minimum Gasteiger partial charge on any atom is -0.495 e. The van der Waals surface area contributed by atoms with Gasteiger partial charge in [-0.3, -0.25) is 4.79 Å². The quantitative estimate of drug-likeness (QED) is 0.637. The number of ether oxygens (including phenoxy) is 1. The van der Waals surface area contributed by atoms with Crippen molar-refractivity contribution in [2.75, 3.05) is 20.2 Å². The Morgan fingerprint density at radius 3 is 2.61 bits per heavy atom. The number of amides is 1. The van der Waals surface area contributed by atoms with Gasteiger partial charge in [0.15, 0.2) is 0 Å². The molecule has 0 aliphatic heterocycles. The summed E-state index contributed by atoms with van der Waals surface area (Å²) in [7, 11) is -2.82. The Balaban J connectivity index is 2.18. The normalized spacial score (nSPS) is 12.6. The topological polar surface area (TPSA) is 75.7 Å². The number of hydrogen-bond acceptors (Lipinski definition) is 4. The molecular formula is C19H22BrFN2O4S. The van der Waals surface area contributed by atoms with Crippen molar-refractivity contribution in [1.82, 2.24) is 9.62 Å². The van der Waals surface area contributed by atoms with E-state index in [9.17, 15) is 17.6 Å². The molecule has 9 heteroatoms. The number of nitrogens with one attached hydrogen (secondary N) is 1. The molecule has 0 aliphatic carbocycles. The number of hydrogen-bond donors (Lipinski definition) is 1. The summed E-state index contributed by atoms with van der Waals surface area (Å²) in [5, 5.41) is 2.78. The van der Waals surface area contributed by atoms with Gasteiger partial charge in [0.1, 0.15) is 16.5 Å². The number of sulfonamides is 1.